The number of ether oxygens (including phenoxy) is 1. The molecular formula is C28H18BrF3N2O2. The second-order valence-electron chi connectivity index (χ2n) is 7.81. The molecule has 0 fully saturated rings. The predicted octanol–water partition coefficient (Wildman–Crippen LogP) is 7.75. The number of hydrogen-bond acceptors (Lipinski definition) is 3. The van der Waals surface area contributed by atoms with Crippen molar-refractivity contribution in [2.45, 2.75) is 12.8 Å². The van der Waals surface area contributed by atoms with Crippen molar-refractivity contribution in [1.29, 1.82) is 5.26 Å². The summed E-state index contributed by atoms with van der Waals surface area (Å²) in [5.74, 6) is -0.400. The lowest BCUT2D eigenvalue weighted by Crippen LogP contribution is -2.14. The molecule has 0 saturated heterocycles. The molecule has 1 N–H and O–H groups in total. The quantitative estimate of drug-likeness (QED) is 0.197. The van der Waals surface area contributed by atoms with E-state index in [4.69, 9.17) is 4.74 Å². The van der Waals surface area contributed by atoms with Gasteiger partial charge in [0, 0.05) is 15.7 Å². The highest BCUT2D eigenvalue weighted by Crippen LogP contribution is 2.31. The average Bonchev–Trinajstić information content (AvgIpc) is 2.86. The van der Waals surface area contributed by atoms with E-state index in [1.54, 1.807) is 18.2 Å². The van der Waals surface area contributed by atoms with Gasteiger partial charge in [0.25, 0.3) is 5.91 Å². The zero-order chi connectivity index (χ0) is 25.7. The number of hydrogen-bond donors (Lipinski definition) is 1. The maximum Gasteiger partial charge on any atom is 0.416 e. The van der Waals surface area contributed by atoms with Gasteiger partial charge in [-0.15, -0.1) is 0 Å². The van der Waals surface area contributed by atoms with E-state index >= 15 is 0 Å². The fourth-order valence-corrected chi connectivity index (χ4v) is 3.99. The van der Waals surface area contributed by atoms with Gasteiger partial charge in [-0.2, -0.15) is 18.4 Å². The van der Waals surface area contributed by atoms with Crippen molar-refractivity contribution in [3.8, 4) is 11.8 Å². The van der Waals surface area contributed by atoms with Crippen molar-refractivity contribution in [2.75, 3.05) is 5.32 Å². The van der Waals surface area contributed by atoms with Crippen LogP contribution in [0.5, 0.6) is 5.75 Å². The summed E-state index contributed by atoms with van der Waals surface area (Å²) >= 11 is 3.38. The minimum atomic E-state index is -4.55. The molecule has 0 aliphatic heterocycles. The van der Waals surface area contributed by atoms with Gasteiger partial charge in [-0.3, -0.25) is 4.79 Å². The molecule has 4 rings (SSSR count). The van der Waals surface area contributed by atoms with Crippen LogP contribution < -0.4 is 10.1 Å². The molecule has 8 heteroatoms. The topological polar surface area (TPSA) is 62.1 Å². The van der Waals surface area contributed by atoms with E-state index < -0.39 is 17.6 Å². The summed E-state index contributed by atoms with van der Waals surface area (Å²) < 4.78 is 45.7. The lowest BCUT2D eigenvalue weighted by atomic mass is 10.1. The molecule has 180 valence electrons. The van der Waals surface area contributed by atoms with Crippen molar-refractivity contribution in [3.63, 3.8) is 0 Å². The standard InChI is InChI=1S/C28H18BrF3N2O2/c29-23-11-12-26(36-17-19-7-3-6-18-5-1-2-10-25(18)19)20(14-23)13-21(16-33)27(35)34-24-9-4-8-22(15-24)28(30,31)32/h1-15H,17H2,(H,34,35)/b21-13+. The SMILES string of the molecule is N#C/C(=C\c1cc(Br)ccc1OCc1cccc2ccccc12)C(=O)Nc1cccc(C(F)(F)F)c1. The summed E-state index contributed by atoms with van der Waals surface area (Å²) in [7, 11) is 0. The number of nitrogens with zero attached hydrogens (tertiary/aromatic N) is 1. The Morgan fingerprint density at radius 3 is 2.53 bits per heavy atom. The Labute approximate surface area is 213 Å². The van der Waals surface area contributed by atoms with E-state index in [2.05, 4.69) is 21.2 Å². The van der Waals surface area contributed by atoms with Gasteiger partial charge in [0.1, 0.15) is 24.0 Å². The highest BCUT2D eigenvalue weighted by Gasteiger charge is 2.30. The summed E-state index contributed by atoms with van der Waals surface area (Å²) in [5.41, 5.74) is 0.158. The van der Waals surface area contributed by atoms with E-state index in [9.17, 15) is 23.2 Å². The van der Waals surface area contributed by atoms with Gasteiger partial charge in [-0.05, 0) is 58.8 Å². The lowest BCUT2D eigenvalue weighted by molar-refractivity contribution is -0.137. The van der Waals surface area contributed by atoms with E-state index in [0.29, 0.717) is 15.8 Å². The fraction of sp³-hybridized carbons (Fsp3) is 0.0714. The highest BCUT2D eigenvalue weighted by atomic mass is 79.9. The van der Waals surface area contributed by atoms with Gasteiger partial charge in [-0.1, -0.05) is 64.5 Å². The Kier molecular flexibility index (Phi) is 7.41. The monoisotopic (exact) mass is 550 g/mol. The Morgan fingerprint density at radius 1 is 1.00 bits per heavy atom. The minimum absolute atomic E-state index is 0.0716. The first-order chi connectivity index (χ1) is 17.2. The molecular weight excluding hydrogens is 533 g/mol. The van der Waals surface area contributed by atoms with Crippen molar-refractivity contribution >= 4 is 44.4 Å². The van der Waals surface area contributed by atoms with Crippen LogP contribution in [0, 0.1) is 11.3 Å². The van der Waals surface area contributed by atoms with Crippen LogP contribution in [0.15, 0.2) is 95.0 Å². The maximum absolute atomic E-state index is 13.0. The summed E-state index contributed by atoms with van der Waals surface area (Å²) in [4.78, 5) is 12.7. The van der Waals surface area contributed by atoms with E-state index in [1.807, 2.05) is 48.5 Å². The predicted molar refractivity (Wildman–Crippen MR) is 136 cm³/mol. The zero-order valence-electron chi connectivity index (χ0n) is 18.6. The number of halogens is 4. The Bertz CT molecular complexity index is 1500. The van der Waals surface area contributed by atoms with Crippen LogP contribution in [-0.2, 0) is 17.6 Å². The fourth-order valence-electron chi connectivity index (χ4n) is 3.61. The van der Waals surface area contributed by atoms with Crippen molar-refractivity contribution in [3.05, 3.63) is 112 Å². The van der Waals surface area contributed by atoms with Gasteiger partial charge in [-0.25, -0.2) is 0 Å². The normalized spacial score (nSPS) is 11.7. The average molecular weight is 551 g/mol. The van der Waals surface area contributed by atoms with Gasteiger partial charge in [0.2, 0.25) is 0 Å². The second kappa shape index (κ2) is 10.7. The molecule has 0 bridgehead atoms. The molecule has 0 unspecified atom stereocenters. The number of benzene rings is 4. The highest BCUT2D eigenvalue weighted by molar-refractivity contribution is 9.10. The molecule has 4 aromatic rings. The Morgan fingerprint density at radius 2 is 1.75 bits per heavy atom. The van der Waals surface area contributed by atoms with Crippen molar-refractivity contribution in [2.24, 2.45) is 0 Å². The van der Waals surface area contributed by atoms with Gasteiger partial charge < -0.3 is 10.1 Å². The molecule has 0 saturated carbocycles. The molecule has 0 aromatic heterocycles. The van der Waals surface area contributed by atoms with E-state index in [-0.39, 0.29) is 17.9 Å². The van der Waals surface area contributed by atoms with Crippen LogP contribution in [0.25, 0.3) is 16.8 Å². The summed E-state index contributed by atoms with van der Waals surface area (Å²) in [6.45, 7) is 0.252. The molecule has 0 radical (unpaired) electrons. The molecule has 0 heterocycles. The zero-order valence-corrected chi connectivity index (χ0v) is 20.2. The summed E-state index contributed by atoms with van der Waals surface area (Å²) in [5, 5.41) is 14.1. The Balaban J connectivity index is 1.58. The third-order valence-electron chi connectivity index (χ3n) is 5.35. The number of carbonyl (C=O) groups excluding carboxylic acids is 1. The van der Waals surface area contributed by atoms with Crippen molar-refractivity contribution in [1.82, 2.24) is 0 Å². The maximum atomic E-state index is 13.0. The first kappa shape index (κ1) is 25.0. The van der Waals surface area contributed by atoms with E-state index in [1.165, 1.54) is 18.2 Å². The van der Waals surface area contributed by atoms with Gasteiger partial charge >= 0.3 is 6.18 Å². The summed E-state index contributed by atoms with van der Waals surface area (Å²) in [6, 6.07) is 25.0. The van der Waals surface area contributed by atoms with Gasteiger partial charge in [0.05, 0.1) is 5.56 Å². The number of nitriles is 1. The molecule has 0 aliphatic rings. The molecule has 0 aliphatic carbocycles. The molecule has 0 atom stereocenters. The number of amides is 1. The number of nitrogens with one attached hydrogen (secondary N) is 1. The third kappa shape index (κ3) is 5.93. The molecule has 36 heavy (non-hydrogen) atoms. The smallest absolute Gasteiger partial charge is 0.416 e. The van der Waals surface area contributed by atoms with Crippen LogP contribution in [0.1, 0.15) is 16.7 Å². The molecule has 0 spiro atoms. The largest absolute Gasteiger partial charge is 0.488 e. The number of rotatable bonds is 6. The Hall–Kier alpha value is -4.09. The van der Waals surface area contributed by atoms with E-state index in [0.717, 1.165) is 28.5 Å². The lowest BCUT2D eigenvalue weighted by Gasteiger charge is -2.12. The number of anilines is 1. The molecule has 4 aromatic carbocycles. The third-order valence-corrected chi connectivity index (χ3v) is 5.84. The molecule has 4 nitrogen and oxygen atoms in total. The van der Waals surface area contributed by atoms with Crippen LogP contribution in [0.2, 0.25) is 0 Å². The van der Waals surface area contributed by atoms with Crippen LogP contribution >= 0.6 is 15.9 Å². The van der Waals surface area contributed by atoms with Crippen LogP contribution in [0.3, 0.4) is 0 Å². The first-order valence-corrected chi connectivity index (χ1v) is 11.5. The first-order valence-electron chi connectivity index (χ1n) is 10.7. The van der Waals surface area contributed by atoms with Gasteiger partial charge in [0.15, 0.2) is 0 Å². The minimum Gasteiger partial charge on any atom is -0.488 e. The van der Waals surface area contributed by atoms with Crippen LogP contribution in [0.4, 0.5) is 18.9 Å². The molecule has 1 amide bonds. The van der Waals surface area contributed by atoms with Crippen molar-refractivity contribution < 1.29 is 22.7 Å². The summed E-state index contributed by atoms with van der Waals surface area (Å²) in [6.07, 6.45) is -3.21. The number of alkyl halides is 3. The second-order valence-corrected chi connectivity index (χ2v) is 8.73. The van der Waals surface area contributed by atoms with Crippen LogP contribution in [-0.4, -0.2) is 5.91 Å². The number of carbonyl (C=O) groups is 1. The number of fused-ring (bicyclic) bond motifs is 1.